The fourth-order valence-electron chi connectivity index (χ4n) is 0.900. The number of carbonyl (C=O) groups is 1. The van der Waals surface area contributed by atoms with Crippen LogP contribution in [-0.2, 0) is 4.79 Å². The summed E-state index contributed by atoms with van der Waals surface area (Å²) in [6.45, 7) is 0. The minimum absolute atomic E-state index is 0.132. The highest BCUT2D eigenvalue weighted by molar-refractivity contribution is 9.10. The molecule has 0 unspecified atom stereocenters. The van der Waals surface area contributed by atoms with Crippen molar-refractivity contribution in [1.29, 1.82) is 5.26 Å². The molecular formula is C9H6BrClN2O2. The quantitative estimate of drug-likeness (QED) is 0.879. The van der Waals surface area contributed by atoms with E-state index in [-0.39, 0.29) is 17.2 Å². The summed E-state index contributed by atoms with van der Waals surface area (Å²) in [4.78, 5) is 11.1. The molecule has 0 spiro atoms. The number of nitriles is 1. The zero-order chi connectivity index (χ0) is 11.4. The van der Waals surface area contributed by atoms with E-state index in [1.54, 1.807) is 6.07 Å². The van der Waals surface area contributed by atoms with Crippen molar-refractivity contribution in [2.75, 3.05) is 5.32 Å². The number of hydrogen-bond acceptors (Lipinski definition) is 3. The molecule has 0 radical (unpaired) electrons. The third-order valence-electron chi connectivity index (χ3n) is 1.55. The highest BCUT2D eigenvalue weighted by Crippen LogP contribution is 2.33. The topological polar surface area (TPSA) is 73.1 Å². The molecule has 0 aliphatic carbocycles. The fourth-order valence-corrected chi connectivity index (χ4v) is 1.64. The van der Waals surface area contributed by atoms with E-state index >= 15 is 0 Å². The van der Waals surface area contributed by atoms with E-state index in [2.05, 4.69) is 21.2 Å². The lowest BCUT2D eigenvalue weighted by Crippen LogP contribution is -2.10. The Balaban J connectivity index is 2.92. The molecule has 0 fully saturated rings. The Labute approximate surface area is 99.6 Å². The van der Waals surface area contributed by atoms with Crippen LogP contribution < -0.4 is 5.32 Å². The van der Waals surface area contributed by atoms with Gasteiger partial charge < -0.3 is 10.4 Å². The highest BCUT2D eigenvalue weighted by Gasteiger charge is 2.08. The van der Waals surface area contributed by atoms with Crippen molar-refractivity contribution >= 4 is 39.1 Å². The van der Waals surface area contributed by atoms with Crippen LogP contribution >= 0.6 is 27.5 Å². The number of benzene rings is 1. The minimum atomic E-state index is -0.445. The molecular weight excluding hydrogens is 283 g/mol. The third kappa shape index (κ3) is 3.11. The lowest BCUT2D eigenvalue weighted by molar-refractivity contribution is -0.115. The van der Waals surface area contributed by atoms with Crippen LogP contribution in [0.5, 0.6) is 5.75 Å². The second kappa shape index (κ2) is 5.01. The van der Waals surface area contributed by atoms with E-state index in [4.69, 9.17) is 16.9 Å². The largest absolute Gasteiger partial charge is 0.506 e. The Kier molecular flexibility index (Phi) is 3.95. The average Bonchev–Trinajstić information content (AvgIpc) is 2.14. The SMILES string of the molecule is N#CCC(=O)Nc1cc(O)c(Cl)cc1Br. The molecule has 1 rings (SSSR count). The van der Waals surface area contributed by atoms with Crippen LogP contribution in [0.2, 0.25) is 5.02 Å². The first-order valence-corrected chi connectivity index (χ1v) is 5.06. The number of phenolic OH excluding ortho intramolecular Hbond substituents is 1. The van der Waals surface area contributed by atoms with Crippen molar-refractivity contribution in [3.05, 3.63) is 21.6 Å². The highest BCUT2D eigenvalue weighted by atomic mass is 79.9. The van der Waals surface area contributed by atoms with E-state index in [0.717, 1.165) is 0 Å². The summed E-state index contributed by atoms with van der Waals surface area (Å²) < 4.78 is 0.539. The molecule has 1 aromatic carbocycles. The van der Waals surface area contributed by atoms with Gasteiger partial charge >= 0.3 is 0 Å². The van der Waals surface area contributed by atoms with E-state index in [9.17, 15) is 9.90 Å². The molecule has 1 aromatic rings. The molecule has 0 heterocycles. The fraction of sp³-hybridized carbons (Fsp3) is 0.111. The number of nitrogens with zero attached hydrogens (tertiary/aromatic N) is 1. The second-order valence-corrected chi connectivity index (χ2v) is 3.93. The number of rotatable bonds is 2. The number of anilines is 1. The van der Waals surface area contributed by atoms with Gasteiger partial charge in [-0.05, 0) is 22.0 Å². The number of halogens is 2. The van der Waals surface area contributed by atoms with Gasteiger partial charge in [-0.25, -0.2) is 0 Å². The van der Waals surface area contributed by atoms with Crippen LogP contribution in [0, 0.1) is 11.3 Å². The van der Waals surface area contributed by atoms with Crippen molar-refractivity contribution in [3.63, 3.8) is 0 Å². The van der Waals surface area contributed by atoms with Crippen LogP contribution in [0.25, 0.3) is 0 Å². The van der Waals surface area contributed by atoms with Crippen LogP contribution in [0.3, 0.4) is 0 Å². The molecule has 2 N–H and O–H groups in total. The minimum Gasteiger partial charge on any atom is -0.506 e. The Morgan fingerprint density at radius 3 is 2.93 bits per heavy atom. The van der Waals surface area contributed by atoms with Gasteiger partial charge in [-0.2, -0.15) is 5.26 Å². The summed E-state index contributed by atoms with van der Waals surface area (Å²) in [7, 11) is 0. The molecule has 0 bridgehead atoms. The van der Waals surface area contributed by atoms with Crippen molar-refractivity contribution in [1.82, 2.24) is 0 Å². The second-order valence-electron chi connectivity index (χ2n) is 2.67. The monoisotopic (exact) mass is 288 g/mol. The zero-order valence-electron chi connectivity index (χ0n) is 7.42. The predicted molar refractivity (Wildman–Crippen MR) is 59.7 cm³/mol. The van der Waals surface area contributed by atoms with Crippen molar-refractivity contribution in [2.45, 2.75) is 6.42 Å². The summed E-state index contributed by atoms with van der Waals surface area (Å²) in [6, 6.07) is 4.48. The number of aromatic hydroxyl groups is 1. The molecule has 15 heavy (non-hydrogen) atoms. The molecule has 0 saturated heterocycles. The van der Waals surface area contributed by atoms with Crippen LogP contribution in [0.1, 0.15) is 6.42 Å². The summed E-state index contributed by atoms with van der Waals surface area (Å²) in [6.07, 6.45) is -0.240. The van der Waals surface area contributed by atoms with Gasteiger partial charge in [0.1, 0.15) is 12.2 Å². The number of phenols is 1. The van der Waals surface area contributed by atoms with Crippen molar-refractivity contribution in [3.8, 4) is 11.8 Å². The first kappa shape index (κ1) is 11.8. The summed E-state index contributed by atoms with van der Waals surface area (Å²) in [5.74, 6) is -0.577. The van der Waals surface area contributed by atoms with E-state index in [0.29, 0.717) is 10.2 Å². The third-order valence-corrected chi connectivity index (χ3v) is 2.51. The lowest BCUT2D eigenvalue weighted by Gasteiger charge is -2.07. The van der Waals surface area contributed by atoms with Gasteiger partial charge in [0.05, 0.1) is 16.8 Å². The molecule has 78 valence electrons. The Bertz CT molecular complexity index is 442. The van der Waals surface area contributed by atoms with Crippen molar-refractivity contribution < 1.29 is 9.90 Å². The van der Waals surface area contributed by atoms with Gasteiger partial charge in [0.15, 0.2) is 0 Å². The number of hydrogen-bond donors (Lipinski definition) is 2. The van der Waals surface area contributed by atoms with Crippen LogP contribution in [0.4, 0.5) is 5.69 Å². The standard InChI is InChI=1S/C9H6BrClN2O2/c10-5-3-6(11)8(14)4-7(5)13-9(15)1-2-12/h3-4,14H,1H2,(H,13,15). The maximum atomic E-state index is 11.1. The molecule has 4 nitrogen and oxygen atoms in total. The molecule has 6 heteroatoms. The average molecular weight is 290 g/mol. The molecule has 0 aliphatic heterocycles. The first-order chi connectivity index (χ1) is 7.04. The van der Waals surface area contributed by atoms with Gasteiger partial charge in [0.2, 0.25) is 5.91 Å². The maximum absolute atomic E-state index is 11.1. The summed E-state index contributed by atoms with van der Waals surface area (Å²) in [5, 5.41) is 20.2. The van der Waals surface area contributed by atoms with Crippen LogP contribution in [-0.4, -0.2) is 11.0 Å². The smallest absolute Gasteiger partial charge is 0.238 e. The van der Waals surface area contributed by atoms with E-state index in [1.807, 2.05) is 0 Å². The Hall–Kier alpha value is -1.25. The van der Waals surface area contributed by atoms with E-state index < -0.39 is 5.91 Å². The first-order valence-electron chi connectivity index (χ1n) is 3.89. The Morgan fingerprint density at radius 1 is 1.67 bits per heavy atom. The zero-order valence-corrected chi connectivity index (χ0v) is 9.76. The van der Waals surface area contributed by atoms with E-state index in [1.165, 1.54) is 12.1 Å². The molecule has 0 aliphatic rings. The van der Waals surface area contributed by atoms with Gasteiger partial charge in [0, 0.05) is 10.5 Å². The maximum Gasteiger partial charge on any atom is 0.238 e. The number of carbonyl (C=O) groups excluding carboxylic acids is 1. The molecule has 1 amide bonds. The molecule has 0 aromatic heterocycles. The lowest BCUT2D eigenvalue weighted by atomic mass is 10.3. The molecule has 0 atom stereocenters. The van der Waals surface area contributed by atoms with Crippen LogP contribution in [0.15, 0.2) is 16.6 Å². The normalized spacial score (nSPS) is 9.40. The summed E-state index contributed by atoms with van der Waals surface area (Å²) >= 11 is 8.81. The van der Waals surface area contributed by atoms with Gasteiger partial charge in [-0.1, -0.05) is 11.6 Å². The van der Waals surface area contributed by atoms with Gasteiger partial charge in [-0.15, -0.1) is 0 Å². The Morgan fingerprint density at radius 2 is 2.33 bits per heavy atom. The van der Waals surface area contributed by atoms with Gasteiger partial charge in [-0.3, -0.25) is 4.79 Å². The van der Waals surface area contributed by atoms with Gasteiger partial charge in [0.25, 0.3) is 0 Å². The summed E-state index contributed by atoms with van der Waals surface area (Å²) in [5.41, 5.74) is 0.372. The number of amides is 1. The molecule has 0 saturated carbocycles. The number of nitrogens with one attached hydrogen (secondary N) is 1. The predicted octanol–water partition coefficient (Wildman–Crippen LogP) is 2.66. The van der Waals surface area contributed by atoms with Crippen molar-refractivity contribution in [2.24, 2.45) is 0 Å².